The summed E-state index contributed by atoms with van der Waals surface area (Å²) in [5.74, 6) is 1.13. The summed E-state index contributed by atoms with van der Waals surface area (Å²) in [6.45, 7) is 6.23. The largest absolute Gasteiger partial charge is 0.464 e. The van der Waals surface area contributed by atoms with Crippen molar-refractivity contribution in [1.29, 1.82) is 0 Å². The molecule has 2 heterocycles. The number of aromatic nitrogens is 2. The average Bonchev–Trinajstić information content (AvgIpc) is 2.53. The maximum atomic E-state index is 11.3. The van der Waals surface area contributed by atoms with E-state index in [2.05, 4.69) is 32.1 Å². The lowest BCUT2D eigenvalue weighted by atomic mass is 9.97. The van der Waals surface area contributed by atoms with E-state index in [1.807, 2.05) is 6.07 Å². The highest BCUT2D eigenvalue weighted by atomic mass is 16.5. The number of nitrogens with one attached hydrogen (secondary N) is 1. The van der Waals surface area contributed by atoms with E-state index in [0.717, 1.165) is 50.8 Å². The molecule has 1 aromatic heterocycles. The Morgan fingerprint density at radius 1 is 1.40 bits per heavy atom. The molecule has 0 amide bonds. The van der Waals surface area contributed by atoms with Crippen LogP contribution in [-0.2, 0) is 4.74 Å². The first-order chi connectivity index (χ1) is 9.74. The summed E-state index contributed by atoms with van der Waals surface area (Å²) in [6.07, 6.45) is 2.32. The van der Waals surface area contributed by atoms with Gasteiger partial charge in [0.15, 0.2) is 11.5 Å². The summed E-state index contributed by atoms with van der Waals surface area (Å²) in [4.78, 5) is 13.5. The third kappa shape index (κ3) is 3.66. The number of carbonyl (C=O) groups excluding carboxylic acids is 1. The van der Waals surface area contributed by atoms with Gasteiger partial charge >= 0.3 is 5.97 Å². The molecule has 1 N–H and O–H groups in total. The van der Waals surface area contributed by atoms with Gasteiger partial charge in [-0.2, -0.15) is 0 Å². The topological polar surface area (TPSA) is 67.4 Å². The molecule has 20 heavy (non-hydrogen) atoms. The van der Waals surface area contributed by atoms with Crippen molar-refractivity contribution in [3.05, 3.63) is 17.8 Å². The number of methoxy groups -OCH3 is 1. The quantitative estimate of drug-likeness (QED) is 0.813. The molecule has 110 valence electrons. The molecule has 0 radical (unpaired) electrons. The van der Waals surface area contributed by atoms with Crippen molar-refractivity contribution >= 4 is 11.8 Å². The highest BCUT2D eigenvalue weighted by Gasteiger charge is 2.20. The zero-order valence-electron chi connectivity index (χ0n) is 12.1. The van der Waals surface area contributed by atoms with Gasteiger partial charge in [-0.05, 0) is 44.0 Å². The van der Waals surface area contributed by atoms with Crippen LogP contribution in [0.25, 0.3) is 0 Å². The number of rotatable bonds is 5. The lowest BCUT2D eigenvalue weighted by molar-refractivity contribution is 0.0592. The minimum Gasteiger partial charge on any atom is -0.464 e. The number of nitrogens with zero attached hydrogens (tertiary/aromatic N) is 3. The minimum atomic E-state index is -0.451. The summed E-state index contributed by atoms with van der Waals surface area (Å²) >= 11 is 0. The van der Waals surface area contributed by atoms with E-state index >= 15 is 0 Å². The second-order valence-electron chi connectivity index (χ2n) is 5.01. The summed E-state index contributed by atoms with van der Waals surface area (Å²) in [6, 6.07) is 3.50. The second kappa shape index (κ2) is 7.19. The van der Waals surface area contributed by atoms with Crippen molar-refractivity contribution in [2.75, 3.05) is 38.2 Å². The van der Waals surface area contributed by atoms with E-state index in [4.69, 9.17) is 0 Å². The molecule has 1 aliphatic heterocycles. The Balaban J connectivity index is 1.89. The third-order valence-corrected chi connectivity index (χ3v) is 3.67. The second-order valence-corrected chi connectivity index (χ2v) is 5.01. The van der Waals surface area contributed by atoms with E-state index in [-0.39, 0.29) is 5.69 Å². The van der Waals surface area contributed by atoms with Crippen molar-refractivity contribution in [3.8, 4) is 0 Å². The lowest BCUT2D eigenvalue weighted by Gasteiger charge is -2.32. The normalized spacial score (nSPS) is 16.2. The van der Waals surface area contributed by atoms with Crippen LogP contribution in [0.3, 0.4) is 0 Å². The van der Waals surface area contributed by atoms with Crippen LogP contribution in [0, 0.1) is 5.92 Å². The first-order valence-corrected chi connectivity index (χ1v) is 7.12. The van der Waals surface area contributed by atoms with Crippen LogP contribution in [0.15, 0.2) is 12.1 Å². The van der Waals surface area contributed by atoms with Crippen LogP contribution >= 0.6 is 0 Å². The summed E-state index contributed by atoms with van der Waals surface area (Å²) in [7, 11) is 1.34. The molecule has 0 aromatic carbocycles. The molecule has 1 fully saturated rings. The molecule has 0 bridgehead atoms. The SMILES string of the molecule is CCNCC1CCN(c2ccc(C(=O)OC)nn2)CC1. The average molecular weight is 278 g/mol. The maximum absolute atomic E-state index is 11.3. The number of esters is 1. The zero-order chi connectivity index (χ0) is 14.4. The monoisotopic (exact) mass is 278 g/mol. The Labute approximate surface area is 119 Å². The summed E-state index contributed by atoms with van der Waals surface area (Å²) in [5, 5.41) is 11.4. The molecule has 6 nitrogen and oxygen atoms in total. The Bertz CT molecular complexity index is 427. The third-order valence-electron chi connectivity index (χ3n) is 3.67. The minimum absolute atomic E-state index is 0.248. The van der Waals surface area contributed by atoms with Crippen molar-refractivity contribution in [2.24, 2.45) is 5.92 Å². The number of anilines is 1. The van der Waals surface area contributed by atoms with E-state index < -0.39 is 5.97 Å². The Hall–Kier alpha value is -1.69. The zero-order valence-corrected chi connectivity index (χ0v) is 12.1. The first kappa shape index (κ1) is 14.7. The van der Waals surface area contributed by atoms with Crippen molar-refractivity contribution in [3.63, 3.8) is 0 Å². The molecule has 1 saturated heterocycles. The van der Waals surface area contributed by atoms with Crippen molar-refractivity contribution < 1.29 is 9.53 Å². The van der Waals surface area contributed by atoms with Gasteiger partial charge in [-0.25, -0.2) is 4.79 Å². The van der Waals surface area contributed by atoms with E-state index in [0.29, 0.717) is 0 Å². The molecule has 0 saturated carbocycles. The molecule has 0 unspecified atom stereocenters. The number of ether oxygens (including phenoxy) is 1. The van der Waals surface area contributed by atoms with Crippen LogP contribution in [0.4, 0.5) is 5.82 Å². The van der Waals surface area contributed by atoms with E-state index in [9.17, 15) is 4.79 Å². The molecular weight excluding hydrogens is 256 g/mol. The highest BCUT2D eigenvalue weighted by Crippen LogP contribution is 2.20. The molecular formula is C14H22N4O2. The van der Waals surface area contributed by atoms with E-state index in [1.165, 1.54) is 7.11 Å². The fourth-order valence-corrected chi connectivity index (χ4v) is 2.42. The van der Waals surface area contributed by atoms with Crippen molar-refractivity contribution in [1.82, 2.24) is 15.5 Å². The van der Waals surface area contributed by atoms with Crippen molar-refractivity contribution in [2.45, 2.75) is 19.8 Å². The molecule has 1 aromatic rings. The highest BCUT2D eigenvalue weighted by molar-refractivity contribution is 5.86. The number of hydrogen-bond acceptors (Lipinski definition) is 6. The molecule has 0 atom stereocenters. The van der Waals surface area contributed by atoms with Gasteiger partial charge in [0.25, 0.3) is 0 Å². The first-order valence-electron chi connectivity index (χ1n) is 7.12. The number of piperidine rings is 1. The van der Waals surface area contributed by atoms with Crippen LogP contribution in [0.2, 0.25) is 0 Å². The number of hydrogen-bond donors (Lipinski definition) is 1. The van der Waals surface area contributed by atoms with Gasteiger partial charge in [-0.1, -0.05) is 6.92 Å². The predicted molar refractivity (Wildman–Crippen MR) is 76.9 cm³/mol. The Morgan fingerprint density at radius 2 is 2.15 bits per heavy atom. The van der Waals surface area contributed by atoms with Gasteiger partial charge in [-0.3, -0.25) is 0 Å². The molecule has 6 heteroatoms. The fraction of sp³-hybridized carbons (Fsp3) is 0.643. The Kier molecular flexibility index (Phi) is 5.29. The van der Waals surface area contributed by atoms with Crippen LogP contribution in [-0.4, -0.2) is 49.5 Å². The van der Waals surface area contributed by atoms with Gasteiger partial charge in [0.05, 0.1) is 7.11 Å². The van der Waals surface area contributed by atoms with Crippen LogP contribution in [0.5, 0.6) is 0 Å². The predicted octanol–water partition coefficient (Wildman–Crippen LogP) is 1.09. The maximum Gasteiger partial charge on any atom is 0.358 e. The lowest BCUT2D eigenvalue weighted by Crippen LogP contribution is -2.37. The molecule has 0 spiro atoms. The van der Waals surface area contributed by atoms with Crippen LogP contribution < -0.4 is 10.2 Å². The molecule has 1 aliphatic rings. The fourth-order valence-electron chi connectivity index (χ4n) is 2.42. The summed E-state index contributed by atoms with van der Waals surface area (Å²) in [5.41, 5.74) is 0.248. The molecule has 0 aliphatic carbocycles. The standard InChI is InChI=1S/C14H22N4O2/c1-3-15-10-11-6-8-18(9-7-11)13-5-4-12(16-17-13)14(19)20-2/h4-5,11,15H,3,6-10H2,1-2H3. The Morgan fingerprint density at radius 3 is 2.70 bits per heavy atom. The van der Waals surface area contributed by atoms with Gasteiger partial charge in [0, 0.05) is 13.1 Å². The van der Waals surface area contributed by atoms with Gasteiger partial charge in [0.2, 0.25) is 0 Å². The smallest absolute Gasteiger partial charge is 0.358 e. The number of carbonyl (C=O) groups is 1. The van der Waals surface area contributed by atoms with E-state index in [1.54, 1.807) is 6.07 Å². The van der Waals surface area contributed by atoms with Gasteiger partial charge < -0.3 is 15.0 Å². The van der Waals surface area contributed by atoms with Gasteiger partial charge in [-0.15, -0.1) is 10.2 Å². The van der Waals surface area contributed by atoms with Crippen LogP contribution in [0.1, 0.15) is 30.3 Å². The molecule has 2 rings (SSSR count). The summed E-state index contributed by atoms with van der Waals surface area (Å²) < 4.78 is 4.61. The van der Waals surface area contributed by atoms with Gasteiger partial charge in [0.1, 0.15) is 0 Å².